The highest BCUT2D eigenvalue weighted by atomic mass is 19.1. The Labute approximate surface area is 118 Å². The van der Waals surface area contributed by atoms with E-state index >= 15 is 0 Å². The average Bonchev–Trinajstić information content (AvgIpc) is 2.52. The van der Waals surface area contributed by atoms with E-state index in [1.54, 1.807) is 24.8 Å². The first kappa shape index (κ1) is 14.5. The molecule has 0 aromatic heterocycles. The molecule has 1 aromatic rings. The van der Waals surface area contributed by atoms with Crippen molar-refractivity contribution in [1.29, 1.82) is 0 Å². The van der Waals surface area contributed by atoms with Crippen LogP contribution in [0, 0.1) is 12.7 Å². The van der Waals surface area contributed by atoms with Crippen LogP contribution in [-0.4, -0.2) is 29.3 Å². The first-order chi connectivity index (χ1) is 9.40. The molecule has 2 unspecified atom stereocenters. The lowest BCUT2D eigenvalue weighted by atomic mass is 10.0. The third kappa shape index (κ3) is 2.81. The summed E-state index contributed by atoms with van der Waals surface area (Å²) in [5.74, 6) is -0.543. The highest BCUT2D eigenvalue weighted by molar-refractivity contribution is 5.89. The van der Waals surface area contributed by atoms with Gasteiger partial charge in [0.25, 0.3) is 0 Å². The van der Waals surface area contributed by atoms with Gasteiger partial charge in [0.2, 0.25) is 11.8 Å². The van der Waals surface area contributed by atoms with E-state index in [2.05, 4.69) is 5.32 Å². The SMILES string of the molecule is Cc1ccc(C(C)N2CCC(=O)NC(C)C2=O)cc1F. The third-order valence-electron chi connectivity index (χ3n) is 3.76. The molecule has 2 amide bonds. The van der Waals surface area contributed by atoms with Gasteiger partial charge in [-0.1, -0.05) is 12.1 Å². The molecule has 2 rings (SSSR count). The van der Waals surface area contributed by atoms with Gasteiger partial charge in [-0.3, -0.25) is 9.59 Å². The maximum absolute atomic E-state index is 13.7. The van der Waals surface area contributed by atoms with Gasteiger partial charge in [0.1, 0.15) is 11.9 Å². The summed E-state index contributed by atoms with van der Waals surface area (Å²) in [6.07, 6.45) is 0.273. The molecule has 20 heavy (non-hydrogen) atoms. The van der Waals surface area contributed by atoms with Crippen LogP contribution in [0.15, 0.2) is 18.2 Å². The smallest absolute Gasteiger partial charge is 0.245 e. The van der Waals surface area contributed by atoms with Crippen LogP contribution in [0.5, 0.6) is 0 Å². The molecule has 0 aliphatic carbocycles. The van der Waals surface area contributed by atoms with E-state index in [-0.39, 0.29) is 30.1 Å². The summed E-state index contributed by atoms with van der Waals surface area (Å²) < 4.78 is 13.7. The minimum Gasteiger partial charge on any atom is -0.345 e. The summed E-state index contributed by atoms with van der Waals surface area (Å²) in [6.45, 7) is 5.57. The van der Waals surface area contributed by atoms with Crippen molar-refractivity contribution in [2.75, 3.05) is 6.54 Å². The Hall–Kier alpha value is -1.91. The zero-order chi connectivity index (χ0) is 14.9. The molecule has 1 saturated heterocycles. The quantitative estimate of drug-likeness (QED) is 0.898. The Balaban J connectivity index is 2.26. The fourth-order valence-corrected chi connectivity index (χ4v) is 2.39. The molecular formula is C15H19FN2O2. The van der Waals surface area contributed by atoms with E-state index in [1.807, 2.05) is 13.0 Å². The van der Waals surface area contributed by atoms with Crippen molar-refractivity contribution < 1.29 is 14.0 Å². The predicted molar refractivity (Wildman–Crippen MR) is 73.5 cm³/mol. The van der Waals surface area contributed by atoms with Crippen molar-refractivity contribution >= 4 is 11.8 Å². The number of nitrogens with zero attached hydrogens (tertiary/aromatic N) is 1. The lowest BCUT2D eigenvalue weighted by Crippen LogP contribution is -2.43. The number of aryl methyl sites for hydroxylation is 1. The van der Waals surface area contributed by atoms with E-state index in [9.17, 15) is 14.0 Å². The molecule has 0 spiro atoms. The molecule has 0 radical (unpaired) electrons. The zero-order valence-electron chi connectivity index (χ0n) is 11.9. The van der Waals surface area contributed by atoms with Crippen molar-refractivity contribution in [2.24, 2.45) is 0 Å². The van der Waals surface area contributed by atoms with Gasteiger partial charge >= 0.3 is 0 Å². The normalized spacial score (nSPS) is 21.4. The fraction of sp³-hybridized carbons (Fsp3) is 0.467. The number of carbonyl (C=O) groups excluding carboxylic acids is 2. The molecule has 4 nitrogen and oxygen atoms in total. The Kier molecular flexibility index (Phi) is 4.06. The lowest BCUT2D eigenvalue weighted by Gasteiger charge is -2.29. The molecule has 1 aromatic carbocycles. The summed E-state index contributed by atoms with van der Waals surface area (Å²) in [6, 6.07) is 4.19. The summed E-state index contributed by atoms with van der Waals surface area (Å²) in [4.78, 5) is 25.4. The van der Waals surface area contributed by atoms with Crippen LogP contribution in [0.1, 0.15) is 37.4 Å². The summed E-state index contributed by atoms with van der Waals surface area (Å²) in [5, 5.41) is 2.64. The highest BCUT2D eigenvalue weighted by Crippen LogP contribution is 2.24. The molecule has 1 fully saturated rings. The molecule has 0 saturated carbocycles. The largest absolute Gasteiger partial charge is 0.345 e. The van der Waals surface area contributed by atoms with Crippen LogP contribution in [-0.2, 0) is 9.59 Å². The number of halogens is 1. The van der Waals surface area contributed by atoms with Crippen LogP contribution in [0.2, 0.25) is 0 Å². The van der Waals surface area contributed by atoms with Crippen LogP contribution in [0.4, 0.5) is 4.39 Å². The van der Waals surface area contributed by atoms with E-state index in [0.717, 1.165) is 5.56 Å². The van der Waals surface area contributed by atoms with Crippen molar-refractivity contribution in [3.05, 3.63) is 35.1 Å². The molecule has 2 atom stereocenters. The van der Waals surface area contributed by atoms with Gasteiger partial charge in [0, 0.05) is 13.0 Å². The number of hydrogen-bond donors (Lipinski definition) is 1. The lowest BCUT2D eigenvalue weighted by molar-refractivity contribution is -0.134. The van der Waals surface area contributed by atoms with Gasteiger partial charge in [-0.2, -0.15) is 0 Å². The predicted octanol–water partition coefficient (Wildman–Crippen LogP) is 1.93. The Morgan fingerprint density at radius 2 is 2.10 bits per heavy atom. The second kappa shape index (κ2) is 5.61. The van der Waals surface area contributed by atoms with Crippen molar-refractivity contribution in [1.82, 2.24) is 10.2 Å². The van der Waals surface area contributed by atoms with Gasteiger partial charge in [-0.15, -0.1) is 0 Å². The van der Waals surface area contributed by atoms with Crippen LogP contribution >= 0.6 is 0 Å². The van der Waals surface area contributed by atoms with Crippen molar-refractivity contribution in [2.45, 2.75) is 39.3 Å². The fourth-order valence-electron chi connectivity index (χ4n) is 2.39. The van der Waals surface area contributed by atoms with Crippen LogP contribution < -0.4 is 5.32 Å². The van der Waals surface area contributed by atoms with E-state index < -0.39 is 6.04 Å². The Morgan fingerprint density at radius 3 is 2.75 bits per heavy atom. The molecule has 1 heterocycles. The molecule has 0 bridgehead atoms. The van der Waals surface area contributed by atoms with E-state index in [4.69, 9.17) is 0 Å². The summed E-state index contributed by atoms with van der Waals surface area (Å²) in [7, 11) is 0. The molecular weight excluding hydrogens is 259 g/mol. The monoisotopic (exact) mass is 278 g/mol. The van der Waals surface area contributed by atoms with E-state index in [0.29, 0.717) is 12.1 Å². The van der Waals surface area contributed by atoms with Crippen molar-refractivity contribution in [3.63, 3.8) is 0 Å². The molecule has 5 heteroatoms. The maximum Gasteiger partial charge on any atom is 0.245 e. The van der Waals surface area contributed by atoms with Gasteiger partial charge in [0.15, 0.2) is 0 Å². The highest BCUT2D eigenvalue weighted by Gasteiger charge is 2.30. The second-order valence-corrected chi connectivity index (χ2v) is 5.26. The van der Waals surface area contributed by atoms with Crippen LogP contribution in [0.3, 0.4) is 0 Å². The molecule has 1 aliphatic rings. The number of nitrogens with one attached hydrogen (secondary N) is 1. The van der Waals surface area contributed by atoms with Crippen LogP contribution in [0.25, 0.3) is 0 Å². The molecule has 108 valence electrons. The minimum atomic E-state index is -0.539. The molecule has 1 N–H and O–H groups in total. The second-order valence-electron chi connectivity index (χ2n) is 5.26. The Morgan fingerprint density at radius 1 is 1.40 bits per heavy atom. The number of amides is 2. The van der Waals surface area contributed by atoms with Gasteiger partial charge in [0.05, 0.1) is 6.04 Å². The zero-order valence-corrected chi connectivity index (χ0v) is 11.9. The standard InChI is InChI=1S/C15H19FN2O2/c1-9-4-5-12(8-13(9)16)11(3)18-7-6-14(19)17-10(2)15(18)20/h4-5,8,10-11H,6-7H2,1-3H3,(H,17,19). The molecule has 1 aliphatic heterocycles. The summed E-state index contributed by atoms with van der Waals surface area (Å²) >= 11 is 0. The summed E-state index contributed by atoms with van der Waals surface area (Å²) in [5.41, 5.74) is 1.32. The Bertz CT molecular complexity index is 545. The van der Waals surface area contributed by atoms with Crippen molar-refractivity contribution in [3.8, 4) is 0 Å². The van der Waals surface area contributed by atoms with Gasteiger partial charge in [-0.05, 0) is 38.0 Å². The minimum absolute atomic E-state index is 0.129. The van der Waals surface area contributed by atoms with Gasteiger partial charge in [-0.25, -0.2) is 4.39 Å². The van der Waals surface area contributed by atoms with E-state index in [1.165, 1.54) is 6.07 Å². The third-order valence-corrected chi connectivity index (χ3v) is 3.76. The van der Waals surface area contributed by atoms with Gasteiger partial charge < -0.3 is 10.2 Å². The average molecular weight is 278 g/mol. The first-order valence-corrected chi connectivity index (χ1v) is 6.76. The first-order valence-electron chi connectivity index (χ1n) is 6.76. The number of carbonyl (C=O) groups is 2. The topological polar surface area (TPSA) is 49.4 Å². The maximum atomic E-state index is 13.7. The number of rotatable bonds is 2. The number of benzene rings is 1. The number of hydrogen-bond acceptors (Lipinski definition) is 2.